The molecule has 2 aromatic carbocycles. The number of hydrogen-bond donors (Lipinski definition) is 1. The van der Waals surface area contributed by atoms with Crippen molar-refractivity contribution in [2.24, 2.45) is 0 Å². The molecular formula is C22H26ClNO3. The molecule has 27 heavy (non-hydrogen) atoms. The van der Waals surface area contributed by atoms with E-state index < -0.39 is 0 Å². The number of carbonyl (C=O) groups excluding carboxylic acids is 1. The molecule has 1 N–H and O–H groups in total. The largest absolute Gasteiger partial charge is 0.497 e. The molecule has 0 spiro atoms. The van der Waals surface area contributed by atoms with Crippen molar-refractivity contribution < 1.29 is 14.3 Å². The summed E-state index contributed by atoms with van der Waals surface area (Å²) in [7, 11) is 1.67. The van der Waals surface area contributed by atoms with Crippen LogP contribution in [0.15, 0.2) is 48.5 Å². The number of nitrogens with one attached hydrogen (secondary N) is 1. The van der Waals surface area contributed by atoms with Crippen molar-refractivity contribution in [1.29, 1.82) is 0 Å². The summed E-state index contributed by atoms with van der Waals surface area (Å²) in [4.78, 5) is 12.4. The molecular weight excluding hydrogens is 362 g/mol. The summed E-state index contributed by atoms with van der Waals surface area (Å²) in [5.74, 6) is 0.904. The van der Waals surface area contributed by atoms with Crippen molar-refractivity contribution in [3.63, 3.8) is 0 Å². The fraction of sp³-hybridized carbons (Fsp3) is 0.409. The highest BCUT2D eigenvalue weighted by atomic mass is 35.5. The van der Waals surface area contributed by atoms with Gasteiger partial charge in [-0.1, -0.05) is 35.9 Å². The second-order valence-corrected chi connectivity index (χ2v) is 7.46. The molecule has 0 saturated carbocycles. The molecule has 0 radical (unpaired) electrons. The van der Waals surface area contributed by atoms with E-state index in [4.69, 9.17) is 21.1 Å². The minimum Gasteiger partial charge on any atom is -0.497 e. The molecule has 1 heterocycles. The Bertz CT molecular complexity index is 754. The van der Waals surface area contributed by atoms with Gasteiger partial charge in [0.1, 0.15) is 5.75 Å². The summed E-state index contributed by atoms with van der Waals surface area (Å²) in [5.41, 5.74) is 2.21. The maximum absolute atomic E-state index is 12.4. The fourth-order valence-electron chi connectivity index (χ4n) is 3.58. The van der Waals surface area contributed by atoms with E-state index >= 15 is 0 Å². The quantitative estimate of drug-likeness (QED) is 0.776. The topological polar surface area (TPSA) is 47.6 Å². The van der Waals surface area contributed by atoms with Crippen LogP contribution in [-0.2, 0) is 21.4 Å². The van der Waals surface area contributed by atoms with E-state index in [0.29, 0.717) is 37.6 Å². The molecule has 5 heteroatoms. The third kappa shape index (κ3) is 5.24. The highest BCUT2D eigenvalue weighted by Gasteiger charge is 2.34. The Kier molecular flexibility index (Phi) is 6.75. The fourth-order valence-corrected chi connectivity index (χ4v) is 3.79. The van der Waals surface area contributed by atoms with Gasteiger partial charge in [-0.3, -0.25) is 4.79 Å². The molecule has 0 unspecified atom stereocenters. The monoisotopic (exact) mass is 387 g/mol. The number of halogens is 1. The Balaban J connectivity index is 1.61. The average molecular weight is 388 g/mol. The number of hydrogen-bond acceptors (Lipinski definition) is 3. The van der Waals surface area contributed by atoms with Gasteiger partial charge in [-0.25, -0.2) is 0 Å². The lowest BCUT2D eigenvalue weighted by molar-refractivity contribution is -0.121. The lowest BCUT2D eigenvalue weighted by Gasteiger charge is -2.38. The Morgan fingerprint density at radius 1 is 1.19 bits per heavy atom. The number of amides is 1. The molecule has 0 aromatic heterocycles. The van der Waals surface area contributed by atoms with Crippen molar-refractivity contribution in [2.75, 3.05) is 26.9 Å². The molecule has 0 bridgehead atoms. The van der Waals surface area contributed by atoms with E-state index in [1.54, 1.807) is 7.11 Å². The van der Waals surface area contributed by atoms with Gasteiger partial charge in [0.15, 0.2) is 0 Å². The lowest BCUT2D eigenvalue weighted by atomic mass is 9.74. The molecule has 1 amide bonds. The van der Waals surface area contributed by atoms with Crippen molar-refractivity contribution in [3.8, 4) is 5.75 Å². The number of carbonyl (C=O) groups is 1. The maximum Gasteiger partial charge on any atom is 0.220 e. The molecule has 4 nitrogen and oxygen atoms in total. The first-order chi connectivity index (χ1) is 13.1. The van der Waals surface area contributed by atoms with Crippen LogP contribution < -0.4 is 10.1 Å². The van der Waals surface area contributed by atoms with Gasteiger partial charge in [0.05, 0.1) is 7.11 Å². The van der Waals surface area contributed by atoms with Crippen LogP contribution in [0.3, 0.4) is 0 Å². The normalized spacial score (nSPS) is 15.9. The Morgan fingerprint density at radius 3 is 2.59 bits per heavy atom. The van der Waals surface area contributed by atoms with Gasteiger partial charge in [0.25, 0.3) is 0 Å². The van der Waals surface area contributed by atoms with Gasteiger partial charge >= 0.3 is 0 Å². The van der Waals surface area contributed by atoms with Crippen molar-refractivity contribution in [1.82, 2.24) is 5.32 Å². The van der Waals surface area contributed by atoms with Gasteiger partial charge in [0, 0.05) is 36.6 Å². The smallest absolute Gasteiger partial charge is 0.220 e. The van der Waals surface area contributed by atoms with E-state index in [0.717, 1.165) is 24.2 Å². The third-order valence-electron chi connectivity index (χ3n) is 5.31. The van der Waals surface area contributed by atoms with Crippen LogP contribution in [0.5, 0.6) is 5.75 Å². The van der Waals surface area contributed by atoms with Crippen LogP contribution in [0.4, 0.5) is 0 Å². The molecule has 1 aliphatic rings. The van der Waals surface area contributed by atoms with Gasteiger partial charge in [-0.2, -0.15) is 0 Å². The zero-order chi connectivity index (χ0) is 19.1. The predicted octanol–water partition coefficient (Wildman–Crippen LogP) is 4.15. The van der Waals surface area contributed by atoms with Crippen LogP contribution in [0.25, 0.3) is 0 Å². The maximum atomic E-state index is 12.4. The van der Waals surface area contributed by atoms with Crippen LogP contribution in [0, 0.1) is 0 Å². The second kappa shape index (κ2) is 9.25. The van der Waals surface area contributed by atoms with Crippen LogP contribution in [-0.4, -0.2) is 32.8 Å². The Labute approximate surface area is 165 Å². The second-order valence-electron chi connectivity index (χ2n) is 7.03. The minimum atomic E-state index is -0.0871. The molecule has 1 saturated heterocycles. The van der Waals surface area contributed by atoms with Gasteiger partial charge < -0.3 is 14.8 Å². The van der Waals surface area contributed by atoms with Crippen molar-refractivity contribution in [3.05, 3.63) is 64.7 Å². The zero-order valence-electron chi connectivity index (χ0n) is 15.7. The number of benzene rings is 2. The number of aryl methyl sites for hydroxylation is 1. The van der Waals surface area contributed by atoms with Crippen LogP contribution in [0.1, 0.15) is 30.4 Å². The Morgan fingerprint density at radius 2 is 1.93 bits per heavy atom. The van der Waals surface area contributed by atoms with Crippen LogP contribution in [0.2, 0.25) is 5.02 Å². The highest BCUT2D eigenvalue weighted by molar-refractivity contribution is 6.30. The summed E-state index contributed by atoms with van der Waals surface area (Å²) in [6.45, 7) is 2.05. The molecule has 144 valence electrons. The third-order valence-corrected chi connectivity index (χ3v) is 5.54. The van der Waals surface area contributed by atoms with Crippen LogP contribution >= 0.6 is 11.6 Å². The van der Waals surface area contributed by atoms with Gasteiger partial charge in [-0.15, -0.1) is 0 Å². The van der Waals surface area contributed by atoms with E-state index in [1.807, 2.05) is 36.4 Å². The van der Waals surface area contributed by atoms with Crippen molar-refractivity contribution in [2.45, 2.75) is 31.1 Å². The highest BCUT2D eigenvalue weighted by Crippen LogP contribution is 2.35. The first kappa shape index (κ1) is 19.7. The number of ether oxygens (including phenoxy) is 2. The molecule has 2 aromatic rings. The molecule has 0 aliphatic carbocycles. The molecule has 0 atom stereocenters. The summed E-state index contributed by atoms with van der Waals surface area (Å²) in [6, 6.07) is 15.8. The van der Waals surface area contributed by atoms with Gasteiger partial charge in [0.2, 0.25) is 5.91 Å². The number of methoxy groups -OCH3 is 1. The summed E-state index contributed by atoms with van der Waals surface area (Å²) < 4.78 is 10.8. The SMILES string of the molecule is COc1ccc(C2(CNC(=O)CCc3cccc(Cl)c3)CCOCC2)cc1. The predicted molar refractivity (Wildman–Crippen MR) is 108 cm³/mol. The summed E-state index contributed by atoms with van der Waals surface area (Å²) in [5, 5.41) is 3.85. The average Bonchev–Trinajstić information content (AvgIpc) is 2.71. The van der Waals surface area contributed by atoms with Crippen molar-refractivity contribution >= 4 is 17.5 Å². The van der Waals surface area contributed by atoms with E-state index in [9.17, 15) is 4.79 Å². The minimum absolute atomic E-state index is 0.0642. The van der Waals surface area contributed by atoms with E-state index in [1.165, 1.54) is 5.56 Å². The molecule has 1 fully saturated rings. The van der Waals surface area contributed by atoms with Gasteiger partial charge in [-0.05, 0) is 54.7 Å². The first-order valence-corrected chi connectivity index (χ1v) is 9.72. The lowest BCUT2D eigenvalue weighted by Crippen LogP contribution is -2.44. The molecule has 3 rings (SSSR count). The van der Waals surface area contributed by atoms with E-state index in [-0.39, 0.29) is 11.3 Å². The Hall–Kier alpha value is -2.04. The number of rotatable bonds is 7. The van der Waals surface area contributed by atoms with E-state index in [2.05, 4.69) is 17.4 Å². The summed E-state index contributed by atoms with van der Waals surface area (Å²) in [6.07, 6.45) is 2.93. The standard InChI is InChI=1S/C22H26ClNO3/c1-26-20-8-6-18(7-9-20)22(11-13-27-14-12-22)16-24-21(25)10-5-17-3-2-4-19(23)15-17/h2-4,6-9,15H,5,10-14,16H2,1H3,(H,24,25). The summed E-state index contributed by atoms with van der Waals surface area (Å²) >= 11 is 6.01. The zero-order valence-corrected chi connectivity index (χ0v) is 16.4. The first-order valence-electron chi connectivity index (χ1n) is 9.35. The molecule has 1 aliphatic heterocycles.